The van der Waals surface area contributed by atoms with Gasteiger partial charge in [0.1, 0.15) is 17.9 Å². The third kappa shape index (κ3) is 4.65. The van der Waals surface area contributed by atoms with E-state index in [0.29, 0.717) is 10.8 Å². The van der Waals surface area contributed by atoms with Crippen molar-refractivity contribution >= 4 is 29.1 Å². The molecule has 2 N–H and O–H groups in total. The third-order valence-corrected chi connectivity index (χ3v) is 4.46. The molecule has 0 radical (unpaired) electrons. The van der Waals surface area contributed by atoms with Crippen LogP contribution in [0, 0.1) is 25.2 Å². The predicted molar refractivity (Wildman–Crippen MR) is 106 cm³/mol. The van der Waals surface area contributed by atoms with E-state index in [-0.39, 0.29) is 17.8 Å². The summed E-state index contributed by atoms with van der Waals surface area (Å²) in [6.07, 6.45) is 1.53. The molecule has 1 unspecified atom stereocenters. The van der Waals surface area contributed by atoms with Crippen molar-refractivity contribution < 1.29 is 14.0 Å². The topological polar surface area (TPSA) is 113 Å². The number of rotatable bonds is 5. The lowest BCUT2D eigenvalue weighted by molar-refractivity contribution is -0.136. The van der Waals surface area contributed by atoms with Crippen molar-refractivity contribution in [3.63, 3.8) is 0 Å². The van der Waals surface area contributed by atoms with Gasteiger partial charge in [-0.2, -0.15) is 10.4 Å². The van der Waals surface area contributed by atoms with Crippen LogP contribution in [0.25, 0.3) is 0 Å². The highest BCUT2D eigenvalue weighted by Crippen LogP contribution is 2.21. The maximum absolute atomic E-state index is 12.3. The Morgan fingerprint density at radius 2 is 2.07 bits per heavy atom. The summed E-state index contributed by atoms with van der Waals surface area (Å²) in [4.78, 5) is 24.6. The number of amides is 2. The van der Waals surface area contributed by atoms with E-state index < -0.39 is 17.9 Å². The highest BCUT2D eigenvalue weighted by Gasteiger charge is 2.23. The van der Waals surface area contributed by atoms with Crippen LogP contribution in [0.2, 0.25) is 5.02 Å². The minimum atomic E-state index is -0.907. The summed E-state index contributed by atoms with van der Waals surface area (Å²) >= 11 is 5.90. The number of halogens is 1. The number of aryl methyl sites for hydroxylation is 2. The largest absolute Gasteiger partial charge is 0.467 e. The number of anilines is 1. The fourth-order valence-electron chi connectivity index (χ4n) is 2.92. The van der Waals surface area contributed by atoms with Crippen LogP contribution in [-0.4, -0.2) is 28.1 Å². The number of furan rings is 1. The maximum Gasteiger partial charge on any atom is 0.313 e. The van der Waals surface area contributed by atoms with Gasteiger partial charge in [0.25, 0.3) is 0 Å². The first kappa shape index (κ1) is 20.2. The molecule has 1 aromatic carbocycles. The summed E-state index contributed by atoms with van der Waals surface area (Å²) in [5.74, 6) is -1.17. The highest BCUT2D eigenvalue weighted by molar-refractivity contribution is 6.40. The van der Waals surface area contributed by atoms with Crippen molar-refractivity contribution in [3.8, 4) is 6.07 Å². The molecule has 148 valence electrons. The highest BCUT2D eigenvalue weighted by atomic mass is 35.5. The lowest BCUT2D eigenvalue weighted by atomic mass is 10.2. The zero-order valence-electron chi connectivity index (χ0n) is 15.8. The number of nitrogens with zero attached hydrogens (tertiary/aromatic N) is 3. The average Bonchev–Trinajstić information content (AvgIpc) is 3.32. The monoisotopic (exact) mass is 411 g/mol. The average molecular weight is 412 g/mol. The fraction of sp³-hybridized carbons (Fsp3) is 0.200. The van der Waals surface area contributed by atoms with Gasteiger partial charge in [-0.1, -0.05) is 11.6 Å². The standard InChI is InChI=1S/C20H18ClN5O3/c1-12-8-13(2)26(25-12)17(18-4-3-7-29-18)11-23-19(27)20(28)24-16-9-15(21)6-5-14(16)10-22/h3-9,17H,11H2,1-2H3,(H,23,27)(H,24,28). The number of benzene rings is 1. The van der Waals surface area contributed by atoms with Crippen molar-refractivity contribution in [1.29, 1.82) is 5.26 Å². The second-order valence-electron chi connectivity index (χ2n) is 6.37. The molecule has 0 fully saturated rings. The number of carbonyl (C=O) groups is 2. The Bertz CT molecular complexity index is 1080. The Labute approximate surface area is 172 Å². The number of hydrogen-bond acceptors (Lipinski definition) is 5. The molecular weight excluding hydrogens is 394 g/mol. The molecule has 0 aliphatic carbocycles. The van der Waals surface area contributed by atoms with E-state index in [4.69, 9.17) is 21.3 Å². The Balaban J connectivity index is 1.72. The van der Waals surface area contributed by atoms with Crippen molar-refractivity contribution in [3.05, 3.63) is 70.4 Å². The second-order valence-corrected chi connectivity index (χ2v) is 6.81. The van der Waals surface area contributed by atoms with Gasteiger partial charge in [0, 0.05) is 17.3 Å². The van der Waals surface area contributed by atoms with E-state index in [1.807, 2.05) is 26.0 Å². The molecule has 0 spiro atoms. The number of aromatic nitrogens is 2. The van der Waals surface area contributed by atoms with Gasteiger partial charge in [0.05, 0.1) is 23.2 Å². The first-order chi connectivity index (χ1) is 13.9. The molecule has 0 bridgehead atoms. The molecule has 0 aliphatic heterocycles. The van der Waals surface area contributed by atoms with Crippen molar-refractivity contribution in [1.82, 2.24) is 15.1 Å². The Morgan fingerprint density at radius 3 is 2.69 bits per heavy atom. The zero-order chi connectivity index (χ0) is 21.0. The van der Waals surface area contributed by atoms with Gasteiger partial charge in [-0.15, -0.1) is 0 Å². The van der Waals surface area contributed by atoms with Gasteiger partial charge in [0.2, 0.25) is 0 Å². The molecule has 0 saturated carbocycles. The molecular formula is C20H18ClN5O3. The van der Waals surface area contributed by atoms with Gasteiger partial charge >= 0.3 is 11.8 Å². The fourth-order valence-corrected chi connectivity index (χ4v) is 3.09. The normalized spacial score (nSPS) is 11.5. The van der Waals surface area contributed by atoms with Crippen LogP contribution < -0.4 is 10.6 Å². The van der Waals surface area contributed by atoms with Crippen LogP contribution in [0.4, 0.5) is 5.69 Å². The van der Waals surface area contributed by atoms with Gasteiger partial charge in [-0.05, 0) is 50.2 Å². The number of carbonyl (C=O) groups excluding carboxylic acids is 2. The molecule has 29 heavy (non-hydrogen) atoms. The molecule has 1 atom stereocenters. The smallest absolute Gasteiger partial charge is 0.313 e. The lowest BCUT2D eigenvalue weighted by Crippen LogP contribution is -2.39. The van der Waals surface area contributed by atoms with Gasteiger partial charge in [-0.25, -0.2) is 0 Å². The van der Waals surface area contributed by atoms with E-state index in [1.54, 1.807) is 16.8 Å². The molecule has 3 rings (SSSR count). The van der Waals surface area contributed by atoms with Crippen LogP contribution in [0.5, 0.6) is 0 Å². The SMILES string of the molecule is Cc1cc(C)n(C(CNC(=O)C(=O)Nc2cc(Cl)ccc2C#N)c2ccco2)n1. The number of hydrogen-bond donors (Lipinski definition) is 2. The van der Waals surface area contributed by atoms with Crippen LogP contribution in [-0.2, 0) is 9.59 Å². The van der Waals surface area contributed by atoms with Gasteiger partial charge in [-0.3, -0.25) is 14.3 Å². The molecule has 8 nitrogen and oxygen atoms in total. The van der Waals surface area contributed by atoms with Crippen LogP contribution in [0.3, 0.4) is 0 Å². The molecule has 0 saturated heterocycles. The Morgan fingerprint density at radius 1 is 1.28 bits per heavy atom. The van der Waals surface area contributed by atoms with Crippen molar-refractivity contribution in [2.24, 2.45) is 0 Å². The first-order valence-corrected chi connectivity index (χ1v) is 9.12. The Kier molecular flexibility index (Phi) is 6.00. The van der Waals surface area contributed by atoms with Crippen molar-refractivity contribution in [2.75, 3.05) is 11.9 Å². The molecule has 2 aromatic heterocycles. The number of nitriles is 1. The van der Waals surface area contributed by atoms with Gasteiger partial charge in [0.15, 0.2) is 0 Å². The Hall–Kier alpha value is -3.57. The summed E-state index contributed by atoms with van der Waals surface area (Å²) in [6.45, 7) is 3.85. The van der Waals surface area contributed by atoms with E-state index in [9.17, 15) is 9.59 Å². The molecule has 3 aromatic rings. The predicted octanol–water partition coefficient (Wildman–Crippen LogP) is 2.96. The second kappa shape index (κ2) is 8.63. The molecule has 0 aliphatic rings. The molecule has 2 heterocycles. The maximum atomic E-state index is 12.3. The minimum absolute atomic E-state index is 0.0857. The zero-order valence-corrected chi connectivity index (χ0v) is 16.5. The van der Waals surface area contributed by atoms with Crippen molar-refractivity contribution in [2.45, 2.75) is 19.9 Å². The number of nitrogens with one attached hydrogen (secondary N) is 2. The van der Waals surface area contributed by atoms with Crippen LogP contribution >= 0.6 is 11.6 Å². The summed E-state index contributed by atoms with van der Waals surface area (Å²) in [5, 5.41) is 18.9. The molecule has 9 heteroatoms. The van der Waals surface area contributed by atoms with Crippen LogP contribution in [0.1, 0.15) is 28.8 Å². The van der Waals surface area contributed by atoms with E-state index in [0.717, 1.165) is 11.4 Å². The van der Waals surface area contributed by atoms with Gasteiger partial charge < -0.3 is 15.1 Å². The van der Waals surface area contributed by atoms with E-state index >= 15 is 0 Å². The quantitative estimate of drug-likeness (QED) is 0.626. The summed E-state index contributed by atoms with van der Waals surface area (Å²) < 4.78 is 7.22. The minimum Gasteiger partial charge on any atom is -0.467 e. The van der Waals surface area contributed by atoms with Crippen LogP contribution in [0.15, 0.2) is 47.1 Å². The lowest BCUT2D eigenvalue weighted by Gasteiger charge is -2.18. The third-order valence-electron chi connectivity index (χ3n) is 4.22. The summed E-state index contributed by atoms with van der Waals surface area (Å²) in [5.41, 5.74) is 2.08. The summed E-state index contributed by atoms with van der Waals surface area (Å²) in [7, 11) is 0. The first-order valence-electron chi connectivity index (χ1n) is 8.74. The van der Waals surface area contributed by atoms with E-state index in [2.05, 4.69) is 15.7 Å². The summed E-state index contributed by atoms with van der Waals surface area (Å²) in [6, 6.07) is 11.3. The molecule has 2 amide bonds. The van der Waals surface area contributed by atoms with E-state index in [1.165, 1.54) is 24.5 Å².